The molecule has 1 aliphatic carbocycles. The van der Waals surface area contributed by atoms with Crippen molar-refractivity contribution in [2.24, 2.45) is 5.41 Å². The van der Waals surface area contributed by atoms with Crippen LogP contribution in [0.3, 0.4) is 0 Å². The first-order valence-electron chi connectivity index (χ1n) is 16.3. The fourth-order valence-corrected chi connectivity index (χ4v) is 7.47. The van der Waals surface area contributed by atoms with E-state index in [0.29, 0.717) is 23.3 Å². The van der Waals surface area contributed by atoms with Crippen LogP contribution in [0.25, 0.3) is 16.9 Å². The molecule has 6 heterocycles. The number of alkyl halides is 1. The number of rotatable bonds is 7. The van der Waals surface area contributed by atoms with Crippen molar-refractivity contribution in [1.82, 2.24) is 35.1 Å². The lowest BCUT2D eigenvalue weighted by atomic mass is 9.71. The van der Waals surface area contributed by atoms with E-state index in [1.807, 2.05) is 19.3 Å². The van der Waals surface area contributed by atoms with Crippen molar-refractivity contribution in [1.29, 1.82) is 0 Å². The summed E-state index contributed by atoms with van der Waals surface area (Å²) in [5, 5.41) is 14.3. The van der Waals surface area contributed by atoms with Crippen LogP contribution in [-0.2, 0) is 13.0 Å². The molecule has 3 fully saturated rings. The number of pyridine rings is 1. The van der Waals surface area contributed by atoms with Crippen LogP contribution in [0.15, 0.2) is 48.8 Å². The molecule has 4 aliphatic rings. The molecule has 1 saturated carbocycles. The van der Waals surface area contributed by atoms with Crippen molar-refractivity contribution >= 4 is 28.7 Å². The quantitative estimate of drug-likeness (QED) is 0.285. The maximum Gasteiger partial charge on any atom is 0.271 e. The van der Waals surface area contributed by atoms with Crippen molar-refractivity contribution in [3.05, 3.63) is 65.6 Å². The number of fused-ring (bicyclic) bond motifs is 2. The number of aromatic nitrogens is 4. The van der Waals surface area contributed by atoms with Gasteiger partial charge in [0.1, 0.15) is 6.17 Å². The maximum atomic E-state index is 13.5. The van der Waals surface area contributed by atoms with Crippen molar-refractivity contribution in [3.8, 4) is 11.3 Å². The number of carbonyl (C=O) groups is 1. The second-order valence-electron chi connectivity index (χ2n) is 13.2. The molecular formula is C34H40FN9O. The highest BCUT2D eigenvalue weighted by molar-refractivity contribution is 5.94. The van der Waals surface area contributed by atoms with Gasteiger partial charge in [-0.2, -0.15) is 0 Å². The van der Waals surface area contributed by atoms with Crippen LogP contribution in [0.5, 0.6) is 0 Å². The molecular weight excluding hydrogens is 569 g/mol. The molecule has 11 heteroatoms. The molecule has 234 valence electrons. The number of anilines is 3. The Kier molecular flexibility index (Phi) is 7.17. The Hall–Kier alpha value is -4.09. The number of amides is 1. The average molecular weight is 610 g/mol. The van der Waals surface area contributed by atoms with Gasteiger partial charge in [-0.15, -0.1) is 5.10 Å². The summed E-state index contributed by atoms with van der Waals surface area (Å²) in [5.41, 5.74) is 7.84. The molecule has 0 bridgehead atoms. The summed E-state index contributed by atoms with van der Waals surface area (Å²) < 4.78 is 15.0. The lowest BCUT2D eigenvalue weighted by Crippen LogP contribution is -2.45. The molecule has 8 rings (SSSR count). The molecule has 2 atom stereocenters. The molecule has 45 heavy (non-hydrogen) atoms. The fraction of sp³-hybridized carbons (Fsp3) is 0.471. The van der Waals surface area contributed by atoms with Crippen molar-refractivity contribution in [3.63, 3.8) is 0 Å². The largest absolute Gasteiger partial charge is 0.385 e. The third-order valence-electron chi connectivity index (χ3n) is 10.4. The maximum absolute atomic E-state index is 13.5. The summed E-state index contributed by atoms with van der Waals surface area (Å²) in [6.45, 7) is 6.38. The van der Waals surface area contributed by atoms with E-state index in [2.05, 4.69) is 61.1 Å². The van der Waals surface area contributed by atoms with Gasteiger partial charge < -0.3 is 20.9 Å². The smallest absolute Gasteiger partial charge is 0.271 e. The molecule has 3 N–H and O–H groups in total. The number of hydrogen-bond donors (Lipinski definition) is 3. The van der Waals surface area contributed by atoms with Crippen molar-refractivity contribution in [2.45, 2.75) is 57.3 Å². The molecule has 4 aromatic rings. The van der Waals surface area contributed by atoms with Gasteiger partial charge in [-0.25, -0.2) is 13.9 Å². The van der Waals surface area contributed by atoms with Gasteiger partial charge in [-0.3, -0.25) is 14.7 Å². The Balaban J connectivity index is 1.01. The SMILES string of the molecule is CNc1cc(N2CCc3c(-c4ccc(CN5CCC6(CCNCC6)CC5)cn4)cccc32)nn2c(C(=O)NC3CC3F)cnc12. The van der Waals surface area contributed by atoms with E-state index >= 15 is 0 Å². The van der Waals surface area contributed by atoms with Crippen LogP contribution in [-0.4, -0.2) is 82.4 Å². The second kappa shape index (κ2) is 11.4. The Morgan fingerprint density at radius 3 is 2.62 bits per heavy atom. The van der Waals surface area contributed by atoms with E-state index in [9.17, 15) is 9.18 Å². The molecule has 10 nitrogen and oxygen atoms in total. The summed E-state index contributed by atoms with van der Waals surface area (Å²) in [7, 11) is 1.83. The summed E-state index contributed by atoms with van der Waals surface area (Å²) >= 11 is 0. The molecule has 0 radical (unpaired) electrons. The molecule has 1 amide bonds. The van der Waals surface area contributed by atoms with Crippen LogP contribution < -0.4 is 20.9 Å². The highest BCUT2D eigenvalue weighted by atomic mass is 19.1. The molecule has 2 saturated heterocycles. The minimum Gasteiger partial charge on any atom is -0.385 e. The number of benzene rings is 1. The van der Waals surface area contributed by atoms with Gasteiger partial charge in [0.25, 0.3) is 5.91 Å². The van der Waals surface area contributed by atoms with Crippen LogP contribution in [0.2, 0.25) is 0 Å². The zero-order chi connectivity index (χ0) is 30.5. The summed E-state index contributed by atoms with van der Waals surface area (Å²) in [4.78, 5) is 27.1. The summed E-state index contributed by atoms with van der Waals surface area (Å²) in [6, 6.07) is 12.3. The van der Waals surface area contributed by atoms with Gasteiger partial charge in [0, 0.05) is 50.1 Å². The zero-order valence-electron chi connectivity index (χ0n) is 25.7. The third-order valence-corrected chi connectivity index (χ3v) is 10.4. The van der Waals surface area contributed by atoms with E-state index in [-0.39, 0.29) is 11.6 Å². The minimum absolute atomic E-state index is 0.287. The Labute approximate surface area is 262 Å². The first kappa shape index (κ1) is 28.4. The minimum atomic E-state index is -0.979. The van der Waals surface area contributed by atoms with E-state index in [4.69, 9.17) is 10.1 Å². The van der Waals surface area contributed by atoms with E-state index in [0.717, 1.165) is 42.1 Å². The number of nitrogens with one attached hydrogen (secondary N) is 3. The highest BCUT2D eigenvalue weighted by Gasteiger charge is 2.39. The standard InChI is InChI=1S/C34H40FN9O/c1-36-28-18-31(41-44-30(20-39-32(28)44)33(45)40-27-17-25(27)35)43-14-7-24-23(3-2-4-29(24)43)26-6-5-22(19-38-26)21-42-15-10-34(11-16-42)8-12-37-13-9-34/h2-6,18-20,25,27,36-37H,7-17,21H2,1H3,(H,40,45). The monoisotopic (exact) mass is 609 g/mol. The van der Waals surface area contributed by atoms with Crippen LogP contribution in [0, 0.1) is 5.41 Å². The van der Waals surface area contributed by atoms with Gasteiger partial charge in [0.15, 0.2) is 17.2 Å². The Bertz CT molecular complexity index is 1720. The lowest BCUT2D eigenvalue weighted by molar-refractivity contribution is 0.0701. The molecule has 3 aliphatic heterocycles. The normalized spacial score (nSPS) is 22.5. The number of carbonyl (C=O) groups excluding carboxylic acids is 1. The average Bonchev–Trinajstić information content (AvgIpc) is 3.41. The molecule has 3 aromatic heterocycles. The summed E-state index contributed by atoms with van der Waals surface area (Å²) in [5.74, 6) is 0.338. The third kappa shape index (κ3) is 5.31. The molecule has 1 spiro atoms. The predicted molar refractivity (Wildman–Crippen MR) is 173 cm³/mol. The van der Waals surface area contributed by atoms with Gasteiger partial charge in [0.2, 0.25) is 0 Å². The van der Waals surface area contributed by atoms with E-state index < -0.39 is 12.2 Å². The van der Waals surface area contributed by atoms with Crippen LogP contribution in [0.4, 0.5) is 21.6 Å². The number of halogens is 1. The first-order chi connectivity index (χ1) is 22.0. The lowest BCUT2D eigenvalue weighted by Gasteiger charge is -2.44. The molecule has 2 unspecified atom stereocenters. The Morgan fingerprint density at radius 1 is 1.07 bits per heavy atom. The first-order valence-corrected chi connectivity index (χ1v) is 16.3. The molecule has 1 aromatic carbocycles. The number of hydrogen-bond acceptors (Lipinski definition) is 8. The van der Waals surface area contributed by atoms with E-state index in [1.165, 1.54) is 69.2 Å². The van der Waals surface area contributed by atoms with Gasteiger partial charge in [-0.1, -0.05) is 18.2 Å². The number of imidazole rings is 1. The van der Waals surface area contributed by atoms with Crippen LogP contribution in [0.1, 0.15) is 53.7 Å². The topological polar surface area (TPSA) is 103 Å². The van der Waals surface area contributed by atoms with Gasteiger partial charge in [-0.05, 0) is 87.0 Å². The van der Waals surface area contributed by atoms with Crippen molar-refractivity contribution in [2.75, 3.05) is 50.0 Å². The number of piperidine rings is 2. The summed E-state index contributed by atoms with van der Waals surface area (Å²) in [6.07, 6.45) is 9.02. The van der Waals surface area contributed by atoms with Gasteiger partial charge in [0.05, 0.1) is 23.6 Å². The number of nitrogens with zero attached hydrogens (tertiary/aromatic N) is 6. The highest BCUT2D eigenvalue weighted by Crippen LogP contribution is 2.41. The van der Waals surface area contributed by atoms with Gasteiger partial charge >= 0.3 is 0 Å². The fourth-order valence-electron chi connectivity index (χ4n) is 7.47. The van der Waals surface area contributed by atoms with Crippen LogP contribution >= 0.6 is 0 Å². The Morgan fingerprint density at radius 2 is 1.89 bits per heavy atom. The van der Waals surface area contributed by atoms with E-state index in [1.54, 1.807) is 4.52 Å². The second-order valence-corrected chi connectivity index (χ2v) is 13.2. The zero-order valence-corrected chi connectivity index (χ0v) is 25.7. The predicted octanol–water partition coefficient (Wildman–Crippen LogP) is 4.33. The number of likely N-dealkylation sites (tertiary alicyclic amines) is 1. The van der Waals surface area contributed by atoms with Crippen molar-refractivity contribution < 1.29 is 9.18 Å².